The highest BCUT2D eigenvalue weighted by Crippen LogP contribution is 2.31. The summed E-state index contributed by atoms with van der Waals surface area (Å²) >= 11 is 0. The second-order valence-corrected chi connectivity index (χ2v) is 6.41. The van der Waals surface area contributed by atoms with E-state index in [2.05, 4.69) is 4.98 Å². The molecule has 0 unspecified atom stereocenters. The third-order valence-electron chi connectivity index (χ3n) is 4.49. The van der Waals surface area contributed by atoms with E-state index in [9.17, 15) is 22.8 Å². The van der Waals surface area contributed by atoms with Crippen molar-refractivity contribution in [2.75, 3.05) is 31.1 Å². The summed E-state index contributed by atoms with van der Waals surface area (Å²) in [6.45, 7) is 3.20. The van der Waals surface area contributed by atoms with Gasteiger partial charge >= 0.3 is 6.18 Å². The van der Waals surface area contributed by atoms with Gasteiger partial charge in [-0.2, -0.15) is 13.2 Å². The predicted octanol–water partition coefficient (Wildman–Crippen LogP) is 1.92. The van der Waals surface area contributed by atoms with Gasteiger partial charge in [-0.15, -0.1) is 0 Å². The Morgan fingerprint density at radius 2 is 1.85 bits per heavy atom. The van der Waals surface area contributed by atoms with Crippen molar-refractivity contribution in [1.82, 2.24) is 14.5 Å². The molecule has 27 heavy (non-hydrogen) atoms. The molecule has 1 aliphatic rings. The summed E-state index contributed by atoms with van der Waals surface area (Å²) in [5, 5.41) is 0. The predicted molar refractivity (Wildman–Crippen MR) is 93.5 cm³/mol. The van der Waals surface area contributed by atoms with Crippen LogP contribution in [0.2, 0.25) is 0 Å². The van der Waals surface area contributed by atoms with Crippen molar-refractivity contribution in [2.45, 2.75) is 19.6 Å². The lowest BCUT2D eigenvalue weighted by atomic mass is 10.1. The van der Waals surface area contributed by atoms with E-state index in [1.807, 2.05) is 4.90 Å². The Kier molecular flexibility index (Phi) is 5.20. The lowest BCUT2D eigenvalue weighted by Gasteiger charge is -2.36. The van der Waals surface area contributed by atoms with Gasteiger partial charge in [0.2, 0.25) is 5.91 Å². The largest absolute Gasteiger partial charge is 0.416 e. The zero-order valence-corrected chi connectivity index (χ0v) is 14.7. The number of amides is 1. The van der Waals surface area contributed by atoms with Crippen LogP contribution < -0.4 is 10.5 Å². The maximum Gasteiger partial charge on any atom is 0.416 e. The van der Waals surface area contributed by atoms with Crippen molar-refractivity contribution in [3.05, 3.63) is 58.3 Å². The molecule has 0 radical (unpaired) electrons. The second kappa shape index (κ2) is 7.42. The first-order chi connectivity index (χ1) is 12.7. The molecule has 2 aromatic rings. The molecule has 144 valence electrons. The molecule has 9 heteroatoms. The smallest absolute Gasteiger partial charge is 0.368 e. The van der Waals surface area contributed by atoms with Crippen LogP contribution >= 0.6 is 0 Å². The molecule has 2 heterocycles. The van der Waals surface area contributed by atoms with Crippen molar-refractivity contribution < 1.29 is 18.0 Å². The lowest BCUT2D eigenvalue weighted by Crippen LogP contribution is -2.50. The summed E-state index contributed by atoms with van der Waals surface area (Å²) < 4.78 is 39.8. The van der Waals surface area contributed by atoms with E-state index >= 15 is 0 Å². The van der Waals surface area contributed by atoms with Crippen LogP contribution in [0.4, 0.5) is 18.9 Å². The van der Waals surface area contributed by atoms with Gasteiger partial charge < -0.3 is 9.80 Å². The third kappa shape index (κ3) is 4.47. The fourth-order valence-electron chi connectivity index (χ4n) is 2.97. The Hall–Kier alpha value is -2.84. The molecule has 1 aromatic heterocycles. The van der Waals surface area contributed by atoms with Gasteiger partial charge in [-0.1, -0.05) is 6.07 Å². The number of anilines is 1. The molecule has 1 aliphatic heterocycles. The maximum absolute atomic E-state index is 12.9. The normalized spacial score (nSPS) is 15.1. The van der Waals surface area contributed by atoms with E-state index in [0.29, 0.717) is 37.6 Å². The molecule has 1 fully saturated rings. The number of piperazine rings is 1. The van der Waals surface area contributed by atoms with E-state index in [-0.39, 0.29) is 18.0 Å². The molecule has 0 bridgehead atoms. The molecule has 1 amide bonds. The highest BCUT2D eigenvalue weighted by atomic mass is 19.4. The number of nitrogens with zero attached hydrogens (tertiary/aromatic N) is 4. The second-order valence-electron chi connectivity index (χ2n) is 6.41. The quantitative estimate of drug-likeness (QED) is 0.817. The van der Waals surface area contributed by atoms with Gasteiger partial charge in [-0.05, 0) is 25.1 Å². The number of aromatic nitrogens is 2. The lowest BCUT2D eigenvalue weighted by molar-refractivity contribution is -0.137. The molecule has 0 atom stereocenters. The number of hydrogen-bond donors (Lipinski definition) is 0. The number of alkyl halides is 3. The Bertz CT molecular complexity index is 887. The first-order valence-electron chi connectivity index (χ1n) is 8.47. The first-order valence-corrected chi connectivity index (χ1v) is 8.47. The monoisotopic (exact) mass is 380 g/mol. The van der Waals surface area contributed by atoms with Gasteiger partial charge in [0, 0.05) is 43.6 Å². The molecule has 0 saturated carbocycles. The van der Waals surface area contributed by atoms with Crippen LogP contribution in [0.15, 0.2) is 41.5 Å². The molecule has 0 aliphatic carbocycles. The summed E-state index contributed by atoms with van der Waals surface area (Å²) in [4.78, 5) is 31.7. The van der Waals surface area contributed by atoms with Crippen LogP contribution in [0, 0.1) is 6.92 Å². The Morgan fingerprint density at radius 1 is 1.15 bits per heavy atom. The summed E-state index contributed by atoms with van der Waals surface area (Å²) in [5.41, 5.74) is 0.0810. The summed E-state index contributed by atoms with van der Waals surface area (Å²) in [6, 6.07) is 6.53. The van der Waals surface area contributed by atoms with Gasteiger partial charge in [0.25, 0.3) is 5.56 Å². The molecule has 0 spiro atoms. The maximum atomic E-state index is 12.9. The molecule has 0 N–H and O–H groups in total. The SMILES string of the molecule is Cc1cc(=O)n(CC(=O)N2CCN(c3cccc(C(F)(F)F)c3)CC2)cn1. The molecular formula is C18H19F3N4O2. The number of carbonyl (C=O) groups excluding carboxylic acids is 1. The summed E-state index contributed by atoms with van der Waals surface area (Å²) in [6.07, 6.45) is -3.04. The zero-order valence-electron chi connectivity index (χ0n) is 14.7. The molecule has 1 saturated heterocycles. The van der Waals surface area contributed by atoms with E-state index in [1.54, 1.807) is 17.9 Å². The van der Waals surface area contributed by atoms with Crippen molar-refractivity contribution in [3.63, 3.8) is 0 Å². The van der Waals surface area contributed by atoms with E-state index in [0.717, 1.165) is 12.1 Å². The number of halogens is 3. The minimum Gasteiger partial charge on any atom is -0.368 e. The molecule has 3 rings (SSSR count). The fourth-order valence-corrected chi connectivity index (χ4v) is 2.97. The van der Waals surface area contributed by atoms with Gasteiger partial charge in [0.1, 0.15) is 6.54 Å². The van der Waals surface area contributed by atoms with Crippen molar-refractivity contribution in [1.29, 1.82) is 0 Å². The summed E-state index contributed by atoms with van der Waals surface area (Å²) in [5.74, 6) is -0.216. The highest BCUT2D eigenvalue weighted by molar-refractivity contribution is 5.76. The van der Waals surface area contributed by atoms with Gasteiger partial charge in [0.05, 0.1) is 11.9 Å². The number of benzene rings is 1. The average Bonchev–Trinajstić information content (AvgIpc) is 2.63. The van der Waals surface area contributed by atoms with Crippen molar-refractivity contribution >= 4 is 11.6 Å². The average molecular weight is 380 g/mol. The van der Waals surface area contributed by atoms with Crippen LogP contribution in [0.1, 0.15) is 11.3 Å². The zero-order chi connectivity index (χ0) is 19.6. The van der Waals surface area contributed by atoms with E-state index in [4.69, 9.17) is 0 Å². The minimum atomic E-state index is -4.39. The summed E-state index contributed by atoms with van der Waals surface area (Å²) in [7, 11) is 0. The van der Waals surface area contributed by atoms with Gasteiger partial charge in [-0.25, -0.2) is 4.98 Å². The Morgan fingerprint density at radius 3 is 2.48 bits per heavy atom. The molecule has 1 aromatic carbocycles. The Balaban J connectivity index is 1.62. The minimum absolute atomic E-state index is 0.102. The van der Waals surface area contributed by atoms with Crippen molar-refractivity contribution in [2.24, 2.45) is 0 Å². The first kappa shape index (κ1) is 18.9. The van der Waals surface area contributed by atoms with E-state index < -0.39 is 11.7 Å². The topological polar surface area (TPSA) is 58.4 Å². The number of aryl methyl sites for hydroxylation is 1. The van der Waals surface area contributed by atoms with Crippen LogP contribution in [-0.2, 0) is 17.5 Å². The number of rotatable bonds is 3. The van der Waals surface area contributed by atoms with Crippen LogP contribution in [0.5, 0.6) is 0 Å². The van der Waals surface area contributed by atoms with E-state index in [1.165, 1.54) is 23.0 Å². The highest BCUT2D eigenvalue weighted by Gasteiger charge is 2.31. The molecular weight excluding hydrogens is 361 g/mol. The Labute approximate surface area is 153 Å². The van der Waals surface area contributed by atoms with Crippen LogP contribution in [0.25, 0.3) is 0 Å². The third-order valence-corrected chi connectivity index (χ3v) is 4.49. The van der Waals surface area contributed by atoms with Crippen molar-refractivity contribution in [3.8, 4) is 0 Å². The number of hydrogen-bond acceptors (Lipinski definition) is 4. The fraction of sp³-hybridized carbons (Fsp3) is 0.389. The van der Waals surface area contributed by atoms with Crippen LogP contribution in [0.3, 0.4) is 0 Å². The molecule has 6 nitrogen and oxygen atoms in total. The van der Waals surface area contributed by atoms with Gasteiger partial charge in [-0.3, -0.25) is 14.2 Å². The van der Waals surface area contributed by atoms with Crippen LogP contribution in [-0.4, -0.2) is 46.5 Å². The van der Waals surface area contributed by atoms with Gasteiger partial charge in [0.15, 0.2) is 0 Å². The number of carbonyl (C=O) groups is 1. The standard InChI is InChI=1S/C18H19F3N4O2/c1-13-9-16(26)25(12-22-13)11-17(27)24-7-5-23(6-8-24)15-4-2-3-14(10-15)18(19,20)21/h2-4,9-10,12H,5-8,11H2,1H3.